The number of hydrogen-bond acceptors (Lipinski definition) is 7. The largest absolute Gasteiger partial charge is 0.496 e. The van der Waals surface area contributed by atoms with Gasteiger partial charge in [-0.1, -0.05) is 30.3 Å². The number of methoxy groups -OCH3 is 2. The van der Waals surface area contributed by atoms with Crippen LogP contribution in [-0.2, 0) is 9.53 Å². The lowest BCUT2D eigenvalue weighted by Gasteiger charge is -2.28. The van der Waals surface area contributed by atoms with Crippen LogP contribution in [-0.4, -0.2) is 41.6 Å². The van der Waals surface area contributed by atoms with Crippen molar-refractivity contribution in [2.75, 3.05) is 26.1 Å². The average molecular weight is 420 g/mol. The summed E-state index contributed by atoms with van der Waals surface area (Å²) in [5.41, 5.74) is 2.64. The molecule has 1 N–H and O–H groups in total. The molecule has 160 valence electrons. The van der Waals surface area contributed by atoms with E-state index >= 15 is 0 Å². The molecular formula is C23H24N4O4. The van der Waals surface area contributed by atoms with Crippen molar-refractivity contribution in [3.8, 4) is 22.9 Å². The second-order valence-electron chi connectivity index (χ2n) is 6.93. The van der Waals surface area contributed by atoms with Gasteiger partial charge in [-0.3, -0.25) is 0 Å². The van der Waals surface area contributed by atoms with Crippen molar-refractivity contribution < 1.29 is 19.0 Å². The molecule has 0 spiro atoms. The number of esters is 1. The van der Waals surface area contributed by atoms with Gasteiger partial charge in [0.15, 0.2) is 5.82 Å². The number of aromatic nitrogens is 3. The molecule has 0 saturated heterocycles. The quantitative estimate of drug-likeness (QED) is 0.607. The van der Waals surface area contributed by atoms with E-state index in [-0.39, 0.29) is 6.61 Å². The molecule has 1 atom stereocenters. The number of carbonyl (C=O) groups excluding carboxylic acids is 1. The molecule has 0 saturated carbocycles. The molecule has 1 aromatic heterocycles. The fourth-order valence-corrected chi connectivity index (χ4v) is 3.75. The standard InChI is InChI=1S/C23H24N4O4/c1-5-31-22(28)19-14(2)24-23-25-21(16-11-7-9-13-18(16)30-4)26-27(23)20(19)15-10-6-8-12-17(15)29-3/h6-13,20H,5H2,1-4H3,(H,24,25,26). The maximum absolute atomic E-state index is 12.9. The number of para-hydroxylation sites is 2. The highest BCUT2D eigenvalue weighted by molar-refractivity contribution is 5.92. The Hall–Kier alpha value is -3.81. The third-order valence-electron chi connectivity index (χ3n) is 5.13. The summed E-state index contributed by atoms with van der Waals surface area (Å²) in [5, 5.41) is 7.96. The second kappa shape index (κ2) is 8.51. The summed E-state index contributed by atoms with van der Waals surface area (Å²) in [5.74, 6) is 1.89. The lowest BCUT2D eigenvalue weighted by Crippen LogP contribution is -2.30. The summed E-state index contributed by atoms with van der Waals surface area (Å²) in [6.07, 6.45) is 0. The van der Waals surface area contributed by atoms with Crippen molar-refractivity contribution in [2.45, 2.75) is 19.9 Å². The van der Waals surface area contributed by atoms with Gasteiger partial charge in [0.1, 0.15) is 17.5 Å². The van der Waals surface area contributed by atoms with Crippen LogP contribution >= 0.6 is 0 Å². The van der Waals surface area contributed by atoms with Gasteiger partial charge in [0.25, 0.3) is 0 Å². The van der Waals surface area contributed by atoms with Crippen LogP contribution in [0.4, 0.5) is 5.95 Å². The number of nitrogens with one attached hydrogen (secondary N) is 1. The number of allylic oxidation sites excluding steroid dienone is 1. The molecule has 8 nitrogen and oxygen atoms in total. The topological polar surface area (TPSA) is 87.5 Å². The molecule has 31 heavy (non-hydrogen) atoms. The minimum atomic E-state index is -0.567. The molecule has 0 fully saturated rings. The van der Waals surface area contributed by atoms with Gasteiger partial charge in [-0.2, -0.15) is 4.98 Å². The first kappa shape index (κ1) is 20.5. The van der Waals surface area contributed by atoms with Crippen LogP contribution in [0.15, 0.2) is 59.8 Å². The SMILES string of the molecule is CCOC(=O)C1=C(C)Nc2nc(-c3ccccc3OC)nn2C1c1ccccc1OC. The maximum Gasteiger partial charge on any atom is 0.338 e. The van der Waals surface area contributed by atoms with Crippen LogP contribution in [0.5, 0.6) is 11.5 Å². The Balaban J connectivity index is 1.91. The normalized spacial score (nSPS) is 15.2. The Morgan fingerprint density at radius 1 is 1.06 bits per heavy atom. The number of rotatable bonds is 6. The zero-order valence-electron chi connectivity index (χ0n) is 17.9. The van der Waals surface area contributed by atoms with Crippen molar-refractivity contribution in [2.24, 2.45) is 0 Å². The molecule has 1 aliphatic heterocycles. The first-order valence-corrected chi connectivity index (χ1v) is 9.96. The second-order valence-corrected chi connectivity index (χ2v) is 6.93. The van der Waals surface area contributed by atoms with Gasteiger partial charge in [-0.05, 0) is 32.0 Å². The third kappa shape index (κ3) is 3.61. The fourth-order valence-electron chi connectivity index (χ4n) is 3.75. The minimum absolute atomic E-state index is 0.269. The van der Waals surface area contributed by atoms with Gasteiger partial charge in [0.2, 0.25) is 5.95 Å². The van der Waals surface area contributed by atoms with Crippen LogP contribution in [0.25, 0.3) is 11.4 Å². The molecule has 1 unspecified atom stereocenters. The van der Waals surface area contributed by atoms with Gasteiger partial charge >= 0.3 is 5.97 Å². The van der Waals surface area contributed by atoms with Gasteiger partial charge in [0.05, 0.1) is 32.0 Å². The molecule has 0 radical (unpaired) electrons. The predicted molar refractivity (Wildman–Crippen MR) is 116 cm³/mol. The summed E-state index contributed by atoms with van der Waals surface area (Å²) in [6, 6.07) is 14.5. The van der Waals surface area contributed by atoms with Gasteiger partial charge in [-0.15, -0.1) is 5.10 Å². The Labute approximate surface area is 180 Å². The molecule has 8 heteroatoms. The van der Waals surface area contributed by atoms with E-state index in [9.17, 15) is 4.79 Å². The van der Waals surface area contributed by atoms with E-state index in [4.69, 9.17) is 19.3 Å². The number of fused-ring (bicyclic) bond motifs is 1. The van der Waals surface area contributed by atoms with Crippen molar-refractivity contribution in [1.82, 2.24) is 14.8 Å². The van der Waals surface area contributed by atoms with Gasteiger partial charge < -0.3 is 19.5 Å². The van der Waals surface area contributed by atoms with E-state index in [1.165, 1.54) is 0 Å². The number of benzene rings is 2. The molecule has 0 bridgehead atoms. The van der Waals surface area contributed by atoms with Crippen molar-refractivity contribution >= 4 is 11.9 Å². The van der Waals surface area contributed by atoms with Crippen LogP contribution in [0.2, 0.25) is 0 Å². The molecule has 1 aliphatic rings. The Bertz CT molecular complexity index is 1150. The van der Waals surface area contributed by atoms with E-state index in [2.05, 4.69) is 10.3 Å². The summed E-state index contributed by atoms with van der Waals surface area (Å²) in [4.78, 5) is 17.6. The van der Waals surface area contributed by atoms with E-state index in [1.807, 2.05) is 55.5 Å². The molecule has 0 aliphatic carbocycles. The predicted octanol–water partition coefficient (Wildman–Crippen LogP) is 3.81. The highest BCUT2D eigenvalue weighted by Crippen LogP contribution is 2.40. The summed E-state index contributed by atoms with van der Waals surface area (Å²) in [6.45, 7) is 3.88. The molecule has 0 amide bonds. The number of anilines is 1. The molecule has 2 heterocycles. The minimum Gasteiger partial charge on any atom is -0.496 e. The Morgan fingerprint density at radius 3 is 2.45 bits per heavy atom. The lowest BCUT2D eigenvalue weighted by atomic mass is 9.95. The highest BCUT2D eigenvalue weighted by Gasteiger charge is 2.36. The maximum atomic E-state index is 12.9. The summed E-state index contributed by atoms with van der Waals surface area (Å²) >= 11 is 0. The molecular weight excluding hydrogens is 396 g/mol. The molecule has 2 aromatic carbocycles. The van der Waals surface area contributed by atoms with Crippen molar-refractivity contribution in [3.63, 3.8) is 0 Å². The zero-order valence-corrected chi connectivity index (χ0v) is 17.9. The number of ether oxygens (including phenoxy) is 3. The first-order valence-electron chi connectivity index (χ1n) is 9.96. The first-order chi connectivity index (χ1) is 15.1. The van der Waals surface area contributed by atoms with Gasteiger partial charge in [-0.25, -0.2) is 9.48 Å². The van der Waals surface area contributed by atoms with E-state index in [0.29, 0.717) is 34.5 Å². The number of carbonyl (C=O) groups is 1. The van der Waals surface area contributed by atoms with Crippen LogP contribution in [0.3, 0.4) is 0 Å². The molecule has 3 aromatic rings. The smallest absolute Gasteiger partial charge is 0.338 e. The summed E-state index contributed by atoms with van der Waals surface area (Å²) in [7, 11) is 3.21. The van der Waals surface area contributed by atoms with E-state index < -0.39 is 12.0 Å². The van der Waals surface area contributed by atoms with E-state index in [0.717, 1.165) is 11.1 Å². The number of hydrogen-bond donors (Lipinski definition) is 1. The Morgan fingerprint density at radius 2 is 1.74 bits per heavy atom. The highest BCUT2D eigenvalue weighted by atomic mass is 16.5. The average Bonchev–Trinajstić information content (AvgIpc) is 3.21. The number of nitrogens with zero attached hydrogens (tertiary/aromatic N) is 3. The summed E-state index contributed by atoms with van der Waals surface area (Å²) < 4.78 is 18.1. The van der Waals surface area contributed by atoms with Crippen molar-refractivity contribution in [1.29, 1.82) is 0 Å². The molecule has 4 rings (SSSR count). The van der Waals surface area contributed by atoms with Crippen LogP contribution < -0.4 is 14.8 Å². The van der Waals surface area contributed by atoms with Crippen LogP contribution in [0.1, 0.15) is 25.5 Å². The van der Waals surface area contributed by atoms with Gasteiger partial charge in [0, 0.05) is 11.3 Å². The zero-order chi connectivity index (χ0) is 22.0. The Kier molecular flexibility index (Phi) is 5.62. The van der Waals surface area contributed by atoms with Crippen LogP contribution in [0, 0.1) is 0 Å². The lowest BCUT2D eigenvalue weighted by molar-refractivity contribution is -0.139. The fraction of sp³-hybridized carbons (Fsp3) is 0.261. The van der Waals surface area contributed by atoms with E-state index in [1.54, 1.807) is 25.8 Å². The van der Waals surface area contributed by atoms with Crippen molar-refractivity contribution in [3.05, 3.63) is 65.4 Å². The monoisotopic (exact) mass is 420 g/mol. The third-order valence-corrected chi connectivity index (χ3v) is 5.13.